The Labute approximate surface area is 88.8 Å². The summed E-state index contributed by atoms with van der Waals surface area (Å²) in [5.41, 5.74) is 0. The fourth-order valence-corrected chi connectivity index (χ4v) is 2.10. The summed E-state index contributed by atoms with van der Waals surface area (Å²) < 4.78 is 0. The quantitative estimate of drug-likeness (QED) is 0.732. The number of aliphatic hydroxyl groups is 1. The van der Waals surface area contributed by atoms with Crippen molar-refractivity contribution in [3.8, 4) is 0 Å². The van der Waals surface area contributed by atoms with Gasteiger partial charge in [-0.05, 0) is 0 Å². The van der Waals surface area contributed by atoms with Gasteiger partial charge in [-0.3, -0.25) is 9.80 Å². The Balaban J connectivity index is 2.15. The molecule has 1 rings (SSSR count). The predicted octanol–water partition coefficient (Wildman–Crippen LogP) is 0.380. The minimum atomic E-state index is 0.287. The van der Waals surface area contributed by atoms with Crippen LogP contribution < -0.4 is 0 Å². The van der Waals surface area contributed by atoms with E-state index in [4.69, 9.17) is 5.11 Å². The lowest BCUT2D eigenvalue weighted by Crippen LogP contribution is -2.48. The number of rotatable bonds is 4. The monoisotopic (exact) mass is 250 g/mol. The molecule has 0 aliphatic carbocycles. The molecular formula is C9H19BrN2O. The lowest BCUT2D eigenvalue weighted by atomic mass is 10.3. The topological polar surface area (TPSA) is 26.7 Å². The number of aliphatic hydroxyl groups excluding tert-OH is 1. The molecule has 1 aliphatic rings. The second-order valence-electron chi connectivity index (χ2n) is 3.65. The fraction of sp³-hybridized carbons (Fsp3) is 1.00. The zero-order valence-corrected chi connectivity index (χ0v) is 9.83. The number of halogens is 1. The van der Waals surface area contributed by atoms with Gasteiger partial charge in [-0.15, -0.1) is 0 Å². The Bertz CT molecular complexity index is 136. The molecule has 0 saturated carbocycles. The van der Waals surface area contributed by atoms with Crippen molar-refractivity contribution in [2.75, 3.05) is 45.9 Å². The van der Waals surface area contributed by atoms with Crippen LogP contribution in [0.2, 0.25) is 0 Å². The van der Waals surface area contributed by atoms with Crippen molar-refractivity contribution < 1.29 is 5.11 Å². The van der Waals surface area contributed by atoms with E-state index in [1.54, 1.807) is 0 Å². The van der Waals surface area contributed by atoms with Crippen molar-refractivity contribution in [2.45, 2.75) is 11.8 Å². The molecule has 4 heteroatoms. The molecule has 0 aromatic heterocycles. The van der Waals surface area contributed by atoms with Crippen molar-refractivity contribution in [2.24, 2.45) is 0 Å². The van der Waals surface area contributed by atoms with E-state index in [1.165, 1.54) is 0 Å². The van der Waals surface area contributed by atoms with Crippen LogP contribution >= 0.6 is 15.9 Å². The third-order valence-electron chi connectivity index (χ3n) is 2.39. The molecule has 0 spiro atoms. The van der Waals surface area contributed by atoms with Crippen molar-refractivity contribution in [3.05, 3.63) is 0 Å². The summed E-state index contributed by atoms with van der Waals surface area (Å²) in [5, 5.41) is 8.77. The lowest BCUT2D eigenvalue weighted by molar-refractivity contribution is 0.114. The van der Waals surface area contributed by atoms with Gasteiger partial charge in [0.2, 0.25) is 0 Å². The molecule has 1 saturated heterocycles. The van der Waals surface area contributed by atoms with Gasteiger partial charge >= 0.3 is 0 Å². The molecule has 78 valence electrons. The second-order valence-corrected chi connectivity index (χ2v) is 5.21. The van der Waals surface area contributed by atoms with E-state index < -0.39 is 0 Å². The standard InChI is InChI=1S/C9H19BrN2O/c1-9(10)8-12-4-2-11(3-5-12)6-7-13/h9,13H,2-8H2,1H3. The van der Waals surface area contributed by atoms with E-state index in [2.05, 4.69) is 32.7 Å². The normalized spacial score (nSPS) is 23.3. The Morgan fingerprint density at radius 2 is 1.77 bits per heavy atom. The molecule has 0 aromatic rings. The number of piperazine rings is 1. The molecule has 1 heterocycles. The van der Waals surface area contributed by atoms with Crippen LogP contribution in [0.5, 0.6) is 0 Å². The Hall–Kier alpha value is 0.360. The first-order valence-corrected chi connectivity index (χ1v) is 5.83. The second kappa shape index (κ2) is 5.96. The molecule has 0 bridgehead atoms. The molecule has 1 atom stereocenters. The first kappa shape index (κ1) is 11.4. The summed E-state index contributed by atoms with van der Waals surface area (Å²) in [7, 11) is 0. The van der Waals surface area contributed by atoms with Gasteiger partial charge in [-0.2, -0.15) is 0 Å². The highest BCUT2D eigenvalue weighted by Crippen LogP contribution is 2.05. The molecule has 1 aliphatic heterocycles. The Morgan fingerprint density at radius 3 is 2.23 bits per heavy atom. The highest BCUT2D eigenvalue weighted by atomic mass is 79.9. The molecule has 13 heavy (non-hydrogen) atoms. The molecule has 0 radical (unpaired) electrons. The maximum absolute atomic E-state index is 8.77. The van der Waals surface area contributed by atoms with Crippen LogP contribution in [-0.2, 0) is 0 Å². The average molecular weight is 251 g/mol. The first-order valence-electron chi connectivity index (χ1n) is 4.92. The van der Waals surface area contributed by atoms with Gasteiger partial charge in [0.1, 0.15) is 0 Å². The van der Waals surface area contributed by atoms with Gasteiger partial charge < -0.3 is 5.11 Å². The van der Waals surface area contributed by atoms with Gasteiger partial charge in [-0.1, -0.05) is 22.9 Å². The third kappa shape index (κ3) is 4.40. The summed E-state index contributed by atoms with van der Waals surface area (Å²) in [5.74, 6) is 0. The molecule has 1 unspecified atom stereocenters. The summed E-state index contributed by atoms with van der Waals surface area (Å²) in [6.07, 6.45) is 0. The van der Waals surface area contributed by atoms with Crippen LogP contribution in [0.25, 0.3) is 0 Å². The molecule has 3 nitrogen and oxygen atoms in total. The van der Waals surface area contributed by atoms with E-state index in [1.807, 2.05) is 0 Å². The number of β-amino-alcohol motifs (C(OH)–C–C–N with tert-alkyl or cyclic N) is 1. The summed E-state index contributed by atoms with van der Waals surface area (Å²) in [4.78, 5) is 5.36. The van der Waals surface area contributed by atoms with Gasteiger partial charge in [0, 0.05) is 44.1 Å². The zero-order chi connectivity index (χ0) is 9.68. The molecule has 1 fully saturated rings. The van der Waals surface area contributed by atoms with Crippen molar-refractivity contribution in [1.29, 1.82) is 0 Å². The third-order valence-corrected chi connectivity index (χ3v) is 2.68. The van der Waals surface area contributed by atoms with Gasteiger partial charge in [0.25, 0.3) is 0 Å². The van der Waals surface area contributed by atoms with Crippen molar-refractivity contribution in [1.82, 2.24) is 9.80 Å². The Kier molecular flexibility index (Phi) is 5.24. The fourth-order valence-electron chi connectivity index (χ4n) is 1.69. The van der Waals surface area contributed by atoms with Crippen LogP contribution in [-0.4, -0.2) is 65.6 Å². The van der Waals surface area contributed by atoms with E-state index in [9.17, 15) is 0 Å². The van der Waals surface area contributed by atoms with E-state index in [0.717, 1.165) is 39.3 Å². The highest BCUT2D eigenvalue weighted by Gasteiger charge is 2.16. The smallest absolute Gasteiger partial charge is 0.0558 e. The van der Waals surface area contributed by atoms with E-state index in [-0.39, 0.29) is 6.61 Å². The maximum Gasteiger partial charge on any atom is 0.0558 e. The molecule has 1 N–H and O–H groups in total. The van der Waals surface area contributed by atoms with E-state index in [0.29, 0.717) is 4.83 Å². The van der Waals surface area contributed by atoms with Crippen LogP contribution in [0.1, 0.15) is 6.92 Å². The van der Waals surface area contributed by atoms with E-state index >= 15 is 0 Å². The molecule has 0 aromatic carbocycles. The van der Waals surface area contributed by atoms with Gasteiger partial charge in [-0.25, -0.2) is 0 Å². The lowest BCUT2D eigenvalue weighted by Gasteiger charge is -2.34. The van der Waals surface area contributed by atoms with Crippen LogP contribution in [0.3, 0.4) is 0 Å². The number of alkyl halides is 1. The average Bonchev–Trinajstić information content (AvgIpc) is 2.08. The Morgan fingerprint density at radius 1 is 1.23 bits per heavy atom. The number of nitrogens with zero attached hydrogens (tertiary/aromatic N) is 2. The largest absolute Gasteiger partial charge is 0.395 e. The van der Waals surface area contributed by atoms with Crippen molar-refractivity contribution >= 4 is 15.9 Å². The SMILES string of the molecule is CC(Br)CN1CCN(CCO)CC1. The maximum atomic E-state index is 8.77. The minimum Gasteiger partial charge on any atom is -0.395 e. The van der Waals surface area contributed by atoms with Crippen molar-refractivity contribution in [3.63, 3.8) is 0 Å². The van der Waals surface area contributed by atoms with Gasteiger partial charge in [0.15, 0.2) is 0 Å². The minimum absolute atomic E-state index is 0.287. The van der Waals surface area contributed by atoms with Crippen LogP contribution in [0.4, 0.5) is 0 Å². The predicted molar refractivity (Wildman–Crippen MR) is 58.4 cm³/mol. The molecule has 0 amide bonds. The van der Waals surface area contributed by atoms with Crippen LogP contribution in [0, 0.1) is 0 Å². The zero-order valence-electron chi connectivity index (χ0n) is 8.25. The summed E-state index contributed by atoms with van der Waals surface area (Å²) in [6.45, 7) is 8.89. The summed E-state index contributed by atoms with van der Waals surface area (Å²) in [6, 6.07) is 0. The molecular weight excluding hydrogens is 232 g/mol. The summed E-state index contributed by atoms with van der Waals surface area (Å²) >= 11 is 3.56. The van der Waals surface area contributed by atoms with Crippen LogP contribution in [0.15, 0.2) is 0 Å². The number of hydrogen-bond acceptors (Lipinski definition) is 3. The highest BCUT2D eigenvalue weighted by molar-refractivity contribution is 9.09. The first-order chi connectivity index (χ1) is 6.22. The number of hydrogen-bond donors (Lipinski definition) is 1. The van der Waals surface area contributed by atoms with Gasteiger partial charge in [0.05, 0.1) is 6.61 Å².